The number of hydrogen-bond acceptors (Lipinski definition) is 5. The van der Waals surface area contributed by atoms with Crippen LogP contribution >= 0.6 is 0 Å². The third kappa shape index (κ3) is 4.51. The molecular weight excluding hydrogens is 286 g/mol. The molecule has 0 saturated heterocycles. The lowest BCUT2D eigenvalue weighted by atomic mass is 10.2. The van der Waals surface area contributed by atoms with Crippen molar-refractivity contribution in [3.05, 3.63) is 77.6 Å². The maximum atomic E-state index is 4.42. The summed E-state index contributed by atoms with van der Waals surface area (Å²) < 4.78 is 0. The number of hydrogen-bond donors (Lipinski definition) is 2. The largest absolute Gasteiger partial charge is 0.350 e. The van der Waals surface area contributed by atoms with Crippen LogP contribution in [0, 0.1) is 6.92 Å². The number of benzene rings is 2. The summed E-state index contributed by atoms with van der Waals surface area (Å²) in [6, 6.07) is 20.3. The molecule has 2 aromatic carbocycles. The Kier molecular flexibility index (Phi) is 4.79. The van der Waals surface area contributed by atoms with Crippen molar-refractivity contribution in [3.63, 3.8) is 0 Å². The number of anilines is 2. The van der Waals surface area contributed by atoms with Crippen LogP contribution in [0.2, 0.25) is 0 Å². The predicted octanol–water partition coefficient (Wildman–Crippen LogP) is 3.40. The van der Waals surface area contributed by atoms with Crippen molar-refractivity contribution in [2.45, 2.75) is 20.0 Å². The van der Waals surface area contributed by atoms with Crippen LogP contribution in [0.1, 0.15) is 17.0 Å². The number of aromatic nitrogens is 3. The summed E-state index contributed by atoms with van der Waals surface area (Å²) in [6.45, 7) is 3.23. The molecule has 0 aliphatic heterocycles. The van der Waals surface area contributed by atoms with Gasteiger partial charge in [-0.1, -0.05) is 60.7 Å². The molecule has 0 radical (unpaired) electrons. The van der Waals surface area contributed by atoms with Gasteiger partial charge in [-0.2, -0.15) is 15.0 Å². The second kappa shape index (κ2) is 7.35. The monoisotopic (exact) mass is 305 g/mol. The molecule has 0 bridgehead atoms. The molecule has 1 heterocycles. The molecule has 0 fully saturated rings. The highest BCUT2D eigenvalue weighted by Gasteiger charge is 2.04. The van der Waals surface area contributed by atoms with E-state index < -0.39 is 0 Å². The van der Waals surface area contributed by atoms with Gasteiger partial charge in [-0.15, -0.1) is 0 Å². The van der Waals surface area contributed by atoms with Gasteiger partial charge >= 0.3 is 0 Å². The molecule has 0 aliphatic carbocycles. The van der Waals surface area contributed by atoms with E-state index in [1.54, 1.807) is 0 Å². The molecule has 0 saturated carbocycles. The summed E-state index contributed by atoms with van der Waals surface area (Å²) in [5.41, 5.74) is 2.37. The highest BCUT2D eigenvalue weighted by Crippen LogP contribution is 2.09. The minimum Gasteiger partial charge on any atom is -0.350 e. The zero-order chi connectivity index (χ0) is 15.9. The molecule has 0 unspecified atom stereocenters. The topological polar surface area (TPSA) is 62.7 Å². The van der Waals surface area contributed by atoms with Crippen molar-refractivity contribution in [2.24, 2.45) is 0 Å². The number of nitrogens with one attached hydrogen (secondary N) is 2. The molecule has 5 nitrogen and oxygen atoms in total. The van der Waals surface area contributed by atoms with E-state index in [0.29, 0.717) is 30.8 Å². The molecule has 2 N–H and O–H groups in total. The van der Waals surface area contributed by atoms with Gasteiger partial charge in [0, 0.05) is 13.1 Å². The maximum Gasteiger partial charge on any atom is 0.228 e. The molecule has 0 amide bonds. The molecule has 23 heavy (non-hydrogen) atoms. The summed E-state index contributed by atoms with van der Waals surface area (Å²) in [4.78, 5) is 13.1. The fourth-order valence-electron chi connectivity index (χ4n) is 2.19. The molecule has 3 rings (SSSR count). The molecule has 0 atom stereocenters. The van der Waals surface area contributed by atoms with Crippen LogP contribution < -0.4 is 10.6 Å². The zero-order valence-corrected chi connectivity index (χ0v) is 13.0. The zero-order valence-electron chi connectivity index (χ0n) is 13.0. The first-order valence-electron chi connectivity index (χ1n) is 7.58. The third-order valence-electron chi connectivity index (χ3n) is 3.33. The van der Waals surface area contributed by atoms with Gasteiger partial charge in [0.15, 0.2) is 0 Å². The fourth-order valence-corrected chi connectivity index (χ4v) is 2.19. The number of nitrogens with zero attached hydrogens (tertiary/aromatic N) is 3. The van der Waals surface area contributed by atoms with Crippen LogP contribution in [-0.4, -0.2) is 15.0 Å². The molecule has 3 aromatic rings. The van der Waals surface area contributed by atoms with Crippen LogP contribution in [0.5, 0.6) is 0 Å². The van der Waals surface area contributed by atoms with E-state index in [1.165, 1.54) is 11.1 Å². The van der Waals surface area contributed by atoms with Crippen LogP contribution in [-0.2, 0) is 13.1 Å². The van der Waals surface area contributed by atoms with Crippen molar-refractivity contribution >= 4 is 11.9 Å². The average molecular weight is 305 g/mol. The smallest absolute Gasteiger partial charge is 0.228 e. The Morgan fingerprint density at radius 1 is 0.652 bits per heavy atom. The van der Waals surface area contributed by atoms with Gasteiger partial charge in [0.1, 0.15) is 5.82 Å². The van der Waals surface area contributed by atoms with Crippen LogP contribution in [0.4, 0.5) is 11.9 Å². The quantitative estimate of drug-likeness (QED) is 0.731. The van der Waals surface area contributed by atoms with E-state index in [1.807, 2.05) is 43.3 Å². The Morgan fingerprint density at radius 2 is 1.09 bits per heavy atom. The summed E-state index contributed by atoms with van der Waals surface area (Å²) in [6.07, 6.45) is 0. The Balaban J connectivity index is 1.64. The number of rotatable bonds is 6. The van der Waals surface area contributed by atoms with Gasteiger partial charge in [0.25, 0.3) is 0 Å². The standard InChI is InChI=1S/C18H19N5/c1-14-21-17(19-12-15-8-4-2-5-9-15)23-18(22-14)20-13-16-10-6-3-7-11-16/h2-11H,12-13H2,1H3,(H2,19,20,21,22,23). The Bertz CT molecular complexity index is 682. The Labute approximate surface area is 135 Å². The second-order valence-corrected chi connectivity index (χ2v) is 5.21. The van der Waals surface area contributed by atoms with Crippen molar-refractivity contribution in [2.75, 3.05) is 10.6 Å². The first kappa shape index (κ1) is 15.0. The molecular formula is C18H19N5. The second-order valence-electron chi connectivity index (χ2n) is 5.21. The van der Waals surface area contributed by atoms with Gasteiger partial charge in [-0.05, 0) is 18.1 Å². The Morgan fingerprint density at radius 3 is 1.52 bits per heavy atom. The summed E-state index contributed by atoms with van der Waals surface area (Å²) >= 11 is 0. The van der Waals surface area contributed by atoms with E-state index >= 15 is 0 Å². The van der Waals surface area contributed by atoms with Gasteiger partial charge < -0.3 is 10.6 Å². The predicted molar refractivity (Wildman–Crippen MR) is 92.1 cm³/mol. The van der Waals surface area contributed by atoms with Gasteiger partial charge in [-0.3, -0.25) is 0 Å². The SMILES string of the molecule is Cc1nc(NCc2ccccc2)nc(NCc2ccccc2)n1. The lowest BCUT2D eigenvalue weighted by Crippen LogP contribution is -2.10. The first-order valence-corrected chi connectivity index (χ1v) is 7.58. The molecule has 0 spiro atoms. The summed E-state index contributed by atoms with van der Waals surface area (Å²) in [5.74, 6) is 1.85. The molecule has 1 aromatic heterocycles. The molecule has 116 valence electrons. The van der Waals surface area contributed by atoms with Crippen molar-refractivity contribution in [1.29, 1.82) is 0 Å². The van der Waals surface area contributed by atoms with Crippen LogP contribution in [0.3, 0.4) is 0 Å². The minimum absolute atomic E-state index is 0.580. The van der Waals surface area contributed by atoms with Crippen molar-refractivity contribution < 1.29 is 0 Å². The molecule has 5 heteroatoms. The summed E-state index contributed by atoms with van der Waals surface area (Å²) in [7, 11) is 0. The van der Waals surface area contributed by atoms with E-state index in [0.717, 1.165) is 0 Å². The Hall–Kier alpha value is -2.95. The average Bonchev–Trinajstić information content (AvgIpc) is 2.60. The van der Waals surface area contributed by atoms with E-state index in [-0.39, 0.29) is 0 Å². The van der Waals surface area contributed by atoms with E-state index in [2.05, 4.69) is 49.9 Å². The van der Waals surface area contributed by atoms with Crippen LogP contribution in [0.15, 0.2) is 60.7 Å². The normalized spacial score (nSPS) is 10.3. The van der Waals surface area contributed by atoms with Gasteiger partial charge in [-0.25, -0.2) is 0 Å². The van der Waals surface area contributed by atoms with Crippen LogP contribution in [0.25, 0.3) is 0 Å². The highest BCUT2D eigenvalue weighted by atomic mass is 15.2. The first-order chi connectivity index (χ1) is 11.3. The lowest BCUT2D eigenvalue weighted by molar-refractivity contribution is 0.937. The maximum absolute atomic E-state index is 4.42. The number of aryl methyl sites for hydroxylation is 1. The van der Waals surface area contributed by atoms with E-state index in [4.69, 9.17) is 0 Å². The van der Waals surface area contributed by atoms with Gasteiger partial charge in [0.05, 0.1) is 0 Å². The highest BCUT2D eigenvalue weighted by molar-refractivity contribution is 5.36. The molecule has 0 aliphatic rings. The fraction of sp³-hybridized carbons (Fsp3) is 0.167. The van der Waals surface area contributed by atoms with E-state index in [9.17, 15) is 0 Å². The third-order valence-corrected chi connectivity index (χ3v) is 3.33. The minimum atomic E-state index is 0.580. The van der Waals surface area contributed by atoms with Gasteiger partial charge in [0.2, 0.25) is 11.9 Å². The summed E-state index contributed by atoms with van der Waals surface area (Å²) in [5, 5.41) is 6.48. The van der Waals surface area contributed by atoms with Crippen molar-refractivity contribution in [1.82, 2.24) is 15.0 Å². The van der Waals surface area contributed by atoms with Crippen molar-refractivity contribution in [3.8, 4) is 0 Å². The lowest BCUT2D eigenvalue weighted by Gasteiger charge is -2.09.